The van der Waals surface area contributed by atoms with Crippen LogP contribution in [0.15, 0.2) is 48.5 Å². The van der Waals surface area contributed by atoms with E-state index in [4.69, 9.17) is 4.74 Å². The largest absolute Gasteiger partial charge is 0.423 e. The van der Waals surface area contributed by atoms with E-state index in [0.717, 1.165) is 19.3 Å². The molecule has 0 heterocycles. The van der Waals surface area contributed by atoms with E-state index in [1.807, 2.05) is 20.0 Å². The Labute approximate surface area is 138 Å². The number of rotatable bonds is 7. The quantitative estimate of drug-likeness (QED) is 0.340. The molecule has 2 aromatic carbocycles. The Kier molecular flexibility index (Phi) is 6.15. The number of benzene rings is 2. The van der Waals surface area contributed by atoms with Crippen LogP contribution in [0.25, 0.3) is 0 Å². The minimum atomic E-state index is -0.387. The second kappa shape index (κ2) is 8.32. The smallest absolute Gasteiger partial charge is 0.343 e. The minimum Gasteiger partial charge on any atom is -0.423 e. The van der Waals surface area contributed by atoms with Gasteiger partial charge in [0, 0.05) is 5.56 Å². The molecule has 0 fully saturated rings. The molecule has 0 saturated carbocycles. The van der Waals surface area contributed by atoms with Gasteiger partial charge in [-0.25, -0.2) is 4.79 Å². The van der Waals surface area contributed by atoms with Gasteiger partial charge in [-0.1, -0.05) is 25.5 Å². The molecular weight excluding hydrogens is 287 g/mol. The second-order valence-electron chi connectivity index (χ2n) is 5.49. The van der Waals surface area contributed by atoms with Crippen LogP contribution in [0.4, 0.5) is 0 Å². The SMILES string of the molecule is BCC(=O)c1ccc(OC(=O)c2ccc(CCCC)cc2)cc1. The average Bonchev–Trinajstić information content (AvgIpc) is 2.60. The van der Waals surface area contributed by atoms with Gasteiger partial charge in [0.25, 0.3) is 0 Å². The Hall–Kier alpha value is -2.36. The molecule has 0 amide bonds. The average molecular weight is 308 g/mol. The van der Waals surface area contributed by atoms with Gasteiger partial charge in [-0.15, -0.1) is 0 Å². The fourth-order valence-electron chi connectivity index (χ4n) is 2.27. The van der Waals surface area contributed by atoms with E-state index in [1.54, 1.807) is 36.4 Å². The first kappa shape index (κ1) is 17.0. The van der Waals surface area contributed by atoms with Crippen molar-refractivity contribution in [2.24, 2.45) is 0 Å². The topological polar surface area (TPSA) is 43.4 Å². The molecule has 2 aromatic rings. The van der Waals surface area contributed by atoms with Crippen molar-refractivity contribution in [2.75, 3.05) is 0 Å². The molecule has 118 valence electrons. The zero-order valence-electron chi connectivity index (χ0n) is 13.7. The summed E-state index contributed by atoms with van der Waals surface area (Å²) in [6.45, 7) is 2.16. The lowest BCUT2D eigenvalue weighted by atomic mass is 9.96. The van der Waals surface area contributed by atoms with Gasteiger partial charge in [0.15, 0.2) is 5.78 Å². The van der Waals surface area contributed by atoms with Crippen molar-refractivity contribution in [3.05, 3.63) is 65.2 Å². The lowest BCUT2D eigenvalue weighted by Crippen LogP contribution is -2.08. The minimum absolute atomic E-state index is 0.0746. The highest BCUT2D eigenvalue weighted by Gasteiger charge is 2.09. The van der Waals surface area contributed by atoms with Crippen molar-refractivity contribution in [2.45, 2.75) is 32.5 Å². The van der Waals surface area contributed by atoms with Gasteiger partial charge < -0.3 is 4.74 Å². The van der Waals surface area contributed by atoms with Crippen LogP contribution < -0.4 is 4.74 Å². The summed E-state index contributed by atoms with van der Waals surface area (Å²) in [5.41, 5.74) is 2.39. The van der Waals surface area contributed by atoms with Gasteiger partial charge in [-0.3, -0.25) is 4.79 Å². The first-order valence-corrected chi connectivity index (χ1v) is 8.08. The van der Waals surface area contributed by atoms with Crippen LogP contribution in [0.1, 0.15) is 46.0 Å². The molecule has 0 atom stereocenters. The fourth-order valence-corrected chi connectivity index (χ4v) is 2.27. The fraction of sp³-hybridized carbons (Fsp3) is 0.263. The number of ketones is 1. The Balaban J connectivity index is 1.99. The normalized spacial score (nSPS) is 10.3. The third-order valence-electron chi connectivity index (χ3n) is 3.72. The highest BCUT2D eigenvalue weighted by atomic mass is 16.5. The van der Waals surface area contributed by atoms with E-state index < -0.39 is 0 Å². The Morgan fingerprint density at radius 1 is 0.957 bits per heavy atom. The predicted octanol–water partition coefficient (Wildman–Crippen LogP) is 3.48. The van der Waals surface area contributed by atoms with E-state index in [9.17, 15) is 9.59 Å². The maximum atomic E-state index is 12.1. The molecule has 0 saturated heterocycles. The van der Waals surface area contributed by atoms with Crippen molar-refractivity contribution in [3.8, 4) is 5.75 Å². The number of esters is 1. The molecule has 4 heteroatoms. The van der Waals surface area contributed by atoms with Crippen LogP contribution in [-0.4, -0.2) is 19.6 Å². The summed E-state index contributed by atoms with van der Waals surface area (Å²) >= 11 is 0. The number of hydrogen-bond donors (Lipinski definition) is 0. The van der Waals surface area contributed by atoms with Gasteiger partial charge in [0.05, 0.1) is 5.56 Å². The van der Waals surface area contributed by atoms with Gasteiger partial charge in [-0.05, 0) is 61.1 Å². The summed E-state index contributed by atoms with van der Waals surface area (Å²) in [4.78, 5) is 23.7. The van der Waals surface area contributed by atoms with Crippen molar-refractivity contribution in [1.29, 1.82) is 0 Å². The summed E-state index contributed by atoms with van der Waals surface area (Å²) in [5.74, 6) is 0.130. The Morgan fingerprint density at radius 3 is 2.13 bits per heavy atom. The number of Topliss-reactive ketones (excluding diaryl/α,β-unsaturated/α-hetero) is 1. The zero-order chi connectivity index (χ0) is 16.7. The number of carbonyl (C=O) groups is 2. The first-order chi connectivity index (χ1) is 11.1. The van der Waals surface area contributed by atoms with E-state index in [0.29, 0.717) is 23.2 Å². The van der Waals surface area contributed by atoms with Crippen LogP contribution in [0.2, 0.25) is 6.32 Å². The Bertz CT molecular complexity index is 660. The van der Waals surface area contributed by atoms with Gasteiger partial charge in [0.1, 0.15) is 13.6 Å². The lowest BCUT2D eigenvalue weighted by molar-refractivity contribution is 0.0734. The van der Waals surface area contributed by atoms with E-state index in [1.165, 1.54) is 5.56 Å². The standard InChI is InChI=1S/C19H21BO3/c1-2-3-4-14-5-7-16(8-6-14)19(22)23-17-11-9-15(10-12-17)18(21)13-20/h5-12H,2-4,13,20H2,1H3. The zero-order valence-corrected chi connectivity index (χ0v) is 13.7. The number of carbonyl (C=O) groups excluding carboxylic acids is 2. The molecule has 3 nitrogen and oxygen atoms in total. The molecular formula is C19H21BO3. The summed E-state index contributed by atoms with van der Waals surface area (Å²) in [6, 6.07) is 14.2. The lowest BCUT2D eigenvalue weighted by Gasteiger charge is -2.06. The number of hydrogen-bond acceptors (Lipinski definition) is 3. The van der Waals surface area contributed by atoms with Crippen LogP contribution in [0.5, 0.6) is 5.75 Å². The van der Waals surface area contributed by atoms with Crippen molar-refractivity contribution in [1.82, 2.24) is 0 Å². The summed E-state index contributed by atoms with van der Waals surface area (Å²) in [6.07, 6.45) is 3.79. The van der Waals surface area contributed by atoms with E-state index in [-0.39, 0.29) is 11.8 Å². The van der Waals surface area contributed by atoms with Crippen molar-refractivity contribution < 1.29 is 14.3 Å². The molecule has 0 bridgehead atoms. The van der Waals surface area contributed by atoms with Crippen molar-refractivity contribution in [3.63, 3.8) is 0 Å². The third-order valence-corrected chi connectivity index (χ3v) is 3.72. The Morgan fingerprint density at radius 2 is 1.57 bits per heavy atom. The predicted molar refractivity (Wildman–Crippen MR) is 94.1 cm³/mol. The number of unbranched alkanes of at least 4 members (excludes halogenated alkanes) is 1. The van der Waals surface area contributed by atoms with Gasteiger partial charge in [0.2, 0.25) is 0 Å². The first-order valence-electron chi connectivity index (χ1n) is 8.08. The molecule has 23 heavy (non-hydrogen) atoms. The van der Waals surface area contributed by atoms with E-state index >= 15 is 0 Å². The second-order valence-corrected chi connectivity index (χ2v) is 5.49. The highest BCUT2D eigenvalue weighted by Crippen LogP contribution is 2.16. The summed E-state index contributed by atoms with van der Waals surface area (Å²) < 4.78 is 5.34. The van der Waals surface area contributed by atoms with Crippen LogP contribution in [0.3, 0.4) is 0 Å². The summed E-state index contributed by atoms with van der Waals surface area (Å²) in [5, 5.41) is 0. The molecule has 0 aliphatic heterocycles. The number of aryl methyl sites for hydroxylation is 1. The molecule has 2 rings (SSSR count). The molecule has 0 spiro atoms. The third kappa shape index (κ3) is 4.81. The van der Waals surface area contributed by atoms with Crippen LogP contribution in [0, 0.1) is 0 Å². The van der Waals surface area contributed by atoms with Gasteiger partial charge in [-0.2, -0.15) is 0 Å². The van der Waals surface area contributed by atoms with Crippen LogP contribution in [-0.2, 0) is 6.42 Å². The number of ether oxygens (including phenoxy) is 1. The molecule has 0 radical (unpaired) electrons. The maximum absolute atomic E-state index is 12.1. The van der Waals surface area contributed by atoms with Gasteiger partial charge >= 0.3 is 5.97 Å². The van der Waals surface area contributed by atoms with Crippen LogP contribution >= 0.6 is 0 Å². The van der Waals surface area contributed by atoms with Crippen molar-refractivity contribution >= 4 is 19.6 Å². The monoisotopic (exact) mass is 308 g/mol. The summed E-state index contributed by atoms with van der Waals surface area (Å²) in [7, 11) is 1.82. The molecule has 0 N–H and O–H groups in total. The molecule has 0 aliphatic rings. The maximum Gasteiger partial charge on any atom is 0.343 e. The van der Waals surface area contributed by atoms with E-state index in [2.05, 4.69) is 6.92 Å². The highest BCUT2D eigenvalue weighted by molar-refractivity contribution is 6.24. The molecule has 0 aromatic heterocycles. The molecule has 0 aliphatic carbocycles. The molecule has 0 unspecified atom stereocenters.